The van der Waals surface area contributed by atoms with E-state index in [-0.39, 0.29) is 28.8 Å². The van der Waals surface area contributed by atoms with Crippen LogP contribution in [0.2, 0.25) is 5.02 Å². The van der Waals surface area contributed by atoms with Gasteiger partial charge in [-0.3, -0.25) is 4.79 Å². The summed E-state index contributed by atoms with van der Waals surface area (Å²) >= 11 is 6.48. The zero-order chi connectivity index (χ0) is 25.6. The third-order valence-electron chi connectivity index (χ3n) is 6.74. The second-order valence-electron chi connectivity index (χ2n) is 9.11. The molecule has 11 heteroatoms. The Bertz CT molecular complexity index is 1250. The highest BCUT2D eigenvalue weighted by atomic mass is 35.5. The maximum Gasteiger partial charge on any atom is 0.410 e. The highest BCUT2D eigenvalue weighted by Crippen LogP contribution is 2.46. The Labute approximate surface area is 210 Å². The monoisotopic (exact) mass is 521 g/mol. The van der Waals surface area contributed by atoms with Gasteiger partial charge in [0.15, 0.2) is 11.7 Å². The van der Waals surface area contributed by atoms with Crippen molar-refractivity contribution in [3.63, 3.8) is 0 Å². The lowest BCUT2D eigenvalue weighted by molar-refractivity contribution is -0.173. The van der Waals surface area contributed by atoms with Crippen LogP contribution in [0.4, 0.5) is 29.1 Å². The van der Waals surface area contributed by atoms with Gasteiger partial charge in [-0.05, 0) is 36.8 Å². The quantitative estimate of drug-likeness (QED) is 0.455. The highest BCUT2D eigenvalue weighted by molar-refractivity contribution is 6.36. The molecule has 6 nitrogen and oxygen atoms in total. The minimum atomic E-state index is -4.57. The fraction of sp³-hybridized carbons (Fsp3) is 0.360. The van der Waals surface area contributed by atoms with E-state index in [1.54, 1.807) is 24.3 Å². The van der Waals surface area contributed by atoms with Gasteiger partial charge in [-0.2, -0.15) is 18.3 Å². The number of hydrogen-bond donors (Lipinski definition) is 1. The number of anilines is 2. The molecule has 1 saturated heterocycles. The summed E-state index contributed by atoms with van der Waals surface area (Å²) < 4.78 is 56.1. The van der Waals surface area contributed by atoms with Crippen LogP contribution >= 0.6 is 11.6 Å². The number of rotatable bonds is 3. The van der Waals surface area contributed by atoms with Crippen molar-refractivity contribution in [3.05, 3.63) is 76.2 Å². The smallest absolute Gasteiger partial charge is 0.368 e. The van der Waals surface area contributed by atoms with Gasteiger partial charge in [0.2, 0.25) is 0 Å². The molecular weight excluding hydrogens is 498 g/mol. The topological polar surface area (TPSA) is 53.4 Å². The molecule has 1 aromatic heterocycles. The number of amides is 1. The number of hydrogen-bond acceptors (Lipinski definition) is 4. The summed E-state index contributed by atoms with van der Waals surface area (Å²) in [5, 5.41) is 7.01. The first kappa shape index (κ1) is 24.4. The highest BCUT2D eigenvalue weighted by Gasteiger charge is 2.48. The standard InChI is InChI=1S/C25H24ClF4N5O/c1-15-2-4-16(5-3-15)19-14-20(25(28,29)30)35-23(31-19)21(26)22(32-35)24(36)34-12-10-33(11-13-34)18-8-6-17(27)7-9-18/h2-9,19-20,31H,10-14H2,1H3/t19-,20-/m0/s1. The van der Waals surface area contributed by atoms with Gasteiger partial charge in [0, 0.05) is 38.3 Å². The first-order chi connectivity index (χ1) is 17.1. The molecule has 0 saturated carbocycles. The van der Waals surface area contributed by atoms with Crippen molar-refractivity contribution in [3.8, 4) is 0 Å². The van der Waals surface area contributed by atoms with E-state index in [1.807, 2.05) is 24.0 Å². The van der Waals surface area contributed by atoms with Crippen molar-refractivity contribution in [2.75, 3.05) is 36.4 Å². The van der Waals surface area contributed by atoms with Crippen LogP contribution in [-0.4, -0.2) is 52.9 Å². The number of carbonyl (C=O) groups excluding carboxylic acids is 1. The number of benzene rings is 2. The first-order valence-electron chi connectivity index (χ1n) is 11.6. The zero-order valence-corrected chi connectivity index (χ0v) is 20.2. The number of alkyl halides is 3. The van der Waals surface area contributed by atoms with Gasteiger partial charge < -0.3 is 15.1 Å². The van der Waals surface area contributed by atoms with E-state index in [1.165, 1.54) is 17.0 Å². The minimum absolute atomic E-state index is 0.0101. The summed E-state index contributed by atoms with van der Waals surface area (Å²) in [6.07, 6.45) is -4.85. The number of fused-ring (bicyclic) bond motifs is 1. The first-order valence-corrected chi connectivity index (χ1v) is 12.0. The summed E-state index contributed by atoms with van der Waals surface area (Å²) in [7, 11) is 0. The Morgan fingerprint density at radius 1 is 1.03 bits per heavy atom. The molecule has 0 aliphatic carbocycles. The molecule has 2 atom stereocenters. The van der Waals surface area contributed by atoms with Gasteiger partial charge in [0.05, 0.1) is 6.04 Å². The van der Waals surface area contributed by atoms with Crippen molar-refractivity contribution in [1.82, 2.24) is 14.7 Å². The van der Waals surface area contributed by atoms with Gasteiger partial charge >= 0.3 is 6.18 Å². The molecule has 3 heterocycles. The Kier molecular flexibility index (Phi) is 6.32. The van der Waals surface area contributed by atoms with Crippen LogP contribution in [-0.2, 0) is 0 Å². The molecule has 2 aliphatic rings. The van der Waals surface area contributed by atoms with E-state index in [0.29, 0.717) is 31.7 Å². The third kappa shape index (κ3) is 4.61. The van der Waals surface area contributed by atoms with Crippen LogP contribution in [0.1, 0.15) is 40.1 Å². The number of halogens is 5. The van der Waals surface area contributed by atoms with Gasteiger partial charge in [0.25, 0.3) is 5.91 Å². The van der Waals surface area contributed by atoms with Crippen molar-refractivity contribution >= 4 is 29.0 Å². The molecule has 0 unspecified atom stereocenters. The van der Waals surface area contributed by atoms with Gasteiger partial charge in [-0.25, -0.2) is 9.07 Å². The van der Waals surface area contributed by atoms with Crippen molar-refractivity contribution in [2.45, 2.75) is 31.6 Å². The molecule has 5 rings (SSSR count). The molecule has 2 aromatic carbocycles. The van der Waals surface area contributed by atoms with E-state index in [2.05, 4.69) is 10.4 Å². The lowest BCUT2D eigenvalue weighted by atomic mass is 9.96. The molecular formula is C25H24ClF4N5O. The third-order valence-corrected chi connectivity index (χ3v) is 7.09. The Morgan fingerprint density at radius 3 is 2.28 bits per heavy atom. The Morgan fingerprint density at radius 2 is 1.67 bits per heavy atom. The van der Waals surface area contributed by atoms with Crippen molar-refractivity contribution in [1.29, 1.82) is 0 Å². The van der Waals surface area contributed by atoms with Crippen LogP contribution in [0.15, 0.2) is 48.5 Å². The molecule has 2 aliphatic heterocycles. The Balaban J connectivity index is 1.38. The predicted molar refractivity (Wildman–Crippen MR) is 129 cm³/mol. The minimum Gasteiger partial charge on any atom is -0.368 e. The van der Waals surface area contributed by atoms with Gasteiger partial charge in [0.1, 0.15) is 16.7 Å². The van der Waals surface area contributed by atoms with Crippen LogP contribution < -0.4 is 10.2 Å². The largest absolute Gasteiger partial charge is 0.410 e. The average molecular weight is 522 g/mol. The number of carbonyl (C=O) groups is 1. The number of aromatic nitrogens is 2. The summed E-state index contributed by atoms with van der Waals surface area (Å²) in [6.45, 7) is 3.54. The average Bonchev–Trinajstić information content (AvgIpc) is 3.19. The molecule has 0 spiro atoms. The van der Waals surface area contributed by atoms with E-state index >= 15 is 0 Å². The summed E-state index contributed by atoms with van der Waals surface area (Å²) in [6, 6.07) is 10.8. The van der Waals surface area contributed by atoms with Crippen LogP contribution in [0, 0.1) is 12.7 Å². The zero-order valence-electron chi connectivity index (χ0n) is 19.4. The van der Waals surface area contributed by atoms with E-state index in [0.717, 1.165) is 15.9 Å². The van der Waals surface area contributed by atoms with E-state index in [4.69, 9.17) is 11.6 Å². The van der Waals surface area contributed by atoms with Crippen molar-refractivity contribution in [2.24, 2.45) is 0 Å². The number of nitrogens with one attached hydrogen (secondary N) is 1. The lowest BCUT2D eigenvalue weighted by Gasteiger charge is -2.35. The molecule has 1 N–H and O–H groups in total. The molecule has 1 fully saturated rings. The molecule has 0 radical (unpaired) electrons. The number of nitrogens with zero attached hydrogens (tertiary/aromatic N) is 4. The number of piperazine rings is 1. The maximum atomic E-state index is 14.0. The second-order valence-corrected chi connectivity index (χ2v) is 9.49. The normalized spacial score (nSPS) is 20.2. The van der Waals surface area contributed by atoms with Crippen LogP contribution in [0.3, 0.4) is 0 Å². The summed E-state index contributed by atoms with van der Waals surface area (Å²) in [4.78, 5) is 16.8. The SMILES string of the molecule is Cc1ccc([C@@H]2C[C@@H](C(F)(F)F)n3nc(C(=O)N4CCN(c5ccc(F)cc5)CC4)c(Cl)c3N2)cc1. The number of aryl methyl sites for hydroxylation is 1. The second kappa shape index (κ2) is 9.31. The predicted octanol–water partition coefficient (Wildman–Crippen LogP) is 5.61. The van der Waals surface area contributed by atoms with Gasteiger partial charge in [-0.1, -0.05) is 41.4 Å². The van der Waals surface area contributed by atoms with E-state index < -0.39 is 24.2 Å². The molecule has 0 bridgehead atoms. The van der Waals surface area contributed by atoms with Crippen LogP contribution in [0.25, 0.3) is 0 Å². The van der Waals surface area contributed by atoms with Crippen LogP contribution in [0.5, 0.6) is 0 Å². The maximum absolute atomic E-state index is 14.0. The summed E-state index contributed by atoms with van der Waals surface area (Å²) in [5.41, 5.74) is 2.33. The molecule has 1 amide bonds. The Hall–Kier alpha value is -3.27. The molecule has 190 valence electrons. The fourth-order valence-electron chi connectivity index (χ4n) is 4.71. The van der Waals surface area contributed by atoms with Crippen molar-refractivity contribution < 1.29 is 22.4 Å². The molecule has 36 heavy (non-hydrogen) atoms. The lowest BCUT2D eigenvalue weighted by Crippen LogP contribution is -2.49. The fourth-order valence-corrected chi connectivity index (χ4v) is 4.97. The summed E-state index contributed by atoms with van der Waals surface area (Å²) in [5.74, 6) is -0.860. The molecule has 3 aromatic rings. The van der Waals surface area contributed by atoms with Gasteiger partial charge in [-0.15, -0.1) is 0 Å². The van der Waals surface area contributed by atoms with E-state index in [9.17, 15) is 22.4 Å².